The summed E-state index contributed by atoms with van der Waals surface area (Å²) in [5.41, 5.74) is 0.118. The second-order valence-electron chi connectivity index (χ2n) is 7.63. The summed E-state index contributed by atoms with van der Waals surface area (Å²) < 4.78 is 56.4. The lowest BCUT2D eigenvalue weighted by Crippen LogP contribution is -2.44. The molecule has 4 rings (SSSR count). The van der Waals surface area contributed by atoms with E-state index in [0.29, 0.717) is 10.6 Å². The summed E-state index contributed by atoms with van der Waals surface area (Å²) in [5.74, 6) is -0.869. The van der Waals surface area contributed by atoms with Crippen LogP contribution in [0.25, 0.3) is 0 Å². The van der Waals surface area contributed by atoms with E-state index >= 15 is 0 Å². The van der Waals surface area contributed by atoms with Crippen molar-refractivity contribution < 1.29 is 31.2 Å². The molecule has 0 aliphatic carbocycles. The van der Waals surface area contributed by atoms with Gasteiger partial charge >= 0.3 is 0 Å². The van der Waals surface area contributed by atoms with Gasteiger partial charge < -0.3 is 4.74 Å². The number of thiophene rings is 1. The molecule has 0 saturated carbocycles. The van der Waals surface area contributed by atoms with Gasteiger partial charge in [-0.05, 0) is 60.0 Å². The molecule has 3 aromatic rings. The number of carbonyl (C=O) groups excluding carboxylic acids is 2. The molecule has 35 heavy (non-hydrogen) atoms. The van der Waals surface area contributed by atoms with E-state index in [1.54, 1.807) is 17.5 Å². The average molecular weight is 536 g/mol. The summed E-state index contributed by atoms with van der Waals surface area (Å²) in [6, 6.07) is 12.9. The Balaban J connectivity index is 1.71. The Labute approximate surface area is 206 Å². The molecule has 2 N–H and O–H groups in total. The van der Waals surface area contributed by atoms with Crippen LogP contribution in [0.15, 0.2) is 75.8 Å². The van der Waals surface area contributed by atoms with Crippen LogP contribution in [0.3, 0.4) is 0 Å². The van der Waals surface area contributed by atoms with Gasteiger partial charge in [-0.15, -0.1) is 11.3 Å². The first-order valence-corrected chi connectivity index (χ1v) is 14.1. The van der Waals surface area contributed by atoms with Crippen molar-refractivity contribution >= 4 is 48.9 Å². The third-order valence-electron chi connectivity index (χ3n) is 5.45. The predicted octanol–water partition coefficient (Wildman–Crippen LogP) is 1.93. The average Bonchev–Trinajstić information content (AvgIpc) is 3.44. The van der Waals surface area contributed by atoms with Crippen LogP contribution in [0.5, 0.6) is 5.75 Å². The molecule has 1 unspecified atom stereocenters. The maximum atomic E-state index is 13.6. The number of benzene rings is 2. The molecular formula is C22H21N3O7S3. The molecule has 0 radical (unpaired) electrons. The first-order valence-electron chi connectivity index (χ1n) is 10.2. The number of primary sulfonamides is 1. The standard InChI is InChI=1S/C22H21N3O7S3/c1-32-16-6-10-19(11-7-16)35(30,31)24(14-17-3-2-12-33-17)20-13-21(26)25(22(20)27)15-4-8-18(9-5-15)34(23,28)29/h2-12,20H,13-14H2,1H3,(H2,23,28,29). The van der Waals surface area contributed by atoms with E-state index in [-0.39, 0.29) is 28.4 Å². The summed E-state index contributed by atoms with van der Waals surface area (Å²) in [4.78, 5) is 27.6. The first kappa shape index (κ1) is 25.0. The highest BCUT2D eigenvalue weighted by atomic mass is 32.2. The lowest BCUT2D eigenvalue weighted by Gasteiger charge is -2.26. The number of imide groups is 1. The quantitative estimate of drug-likeness (QED) is 0.434. The number of hydrogen-bond donors (Lipinski definition) is 1. The minimum atomic E-state index is -4.18. The number of anilines is 1. The second-order valence-corrected chi connectivity index (χ2v) is 12.1. The highest BCUT2D eigenvalue weighted by molar-refractivity contribution is 7.89. The van der Waals surface area contributed by atoms with E-state index < -0.39 is 37.9 Å². The number of sulfonamides is 2. The van der Waals surface area contributed by atoms with Crippen LogP contribution in [0.4, 0.5) is 5.69 Å². The van der Waals surface area contributed by atoms with Gasteiger partial charge in [0.05, 0.1) is 29.0 Å². The lowest BCUT2D eigenvalue weighted by atomic mass is 10.2. The molecule has 1 aromatic heterocycles. The van der Waals surface area contributed by atoms with Crippen molar-refractivity contribution in [3.05, 3.63) is 70.9 Å². The largest absolute Gasteiger partial charge is 0.497 e. The Bertz CT molecular complexity index is 1450. The zero-order chi connectivity index (χ0) is 25.4. The summed E-state index contributed by atoms with van der Waals surface area (Å²) in [6.07, 6.45) is -0.365. The molecule has 0 bridgehead atoms. The fourth-order valence-corrected chi connectivity index (χ4v) is 6.56. The molecule has 2 heterocycles. The van der Waals surface area contributed by atoms with Gasteiger partial charge in [0.2, 0.25) is 26.0 Å². The number of ether oxygens (including phenoxy) is 1. The minimum Gasteiger partial charge on any atom is -0.497 e. The van der Waals surface area contributed by atoms with Crippen molar-refractivity contribution in [2.75, 3.05) is 12.0 Å². The number of rotatable bonds is 8. The highest BCUT2D eigenvalue weighted by Gasteiger charge is 2.47. The molecule has 2 amide bonds. The number of nitrogens with zero attached hydrogens (tertiary/aromatic N) is 2. The van der Waals surface area contributed by atoms with Crippen LogP contribution in [-0.4, -0.2) is 46.1 Å². The van der Waals surface area contributed by atoms with Crippen molar-refractivity contribution in [2.24, 2.45) is 5.14 Å². The monoisotopic (exact) mass is 535 g/mol. The molecule has 0 spiro atoms. The summed E-state index contributed by atoms with van der Waals surface area (Å²) in [6.45, 7) is -0.103. The molecule has 1 fully saturated rings. The Morgan fingerprint density at radius 1 is 1.00 bits per heavy atom. The molecule has 1 saturated heterocycles. The van der Waals surface area contributed by atoms with E-state index in [1.165, 1.54) is 67.0 Å². The van der Waals surface area contributed by atoms with Crippen LogP contribution in [0.1, 0.15) is 11.3 Å². The molecule has 184 valence electrons. The fourth-order valence-electron chi connectivity index (χ4n) is 3.70. The van der Waals surface area contributed by atoms with Gasteiger partial charge in [-0.25, -0.2) is 26.9 Å². The summed E-state index contributed by atoms with van der Waals surface area (Å²) in [5, 5.41) is 6.89. The topological polar surface area (TPSA) is 144 Å². The normalized spacial score (nSPS) is 16.8. The van der Waals surface area contributed by atoms with Crippen LogP contribution in [-0.2, 0) is 36.2 Å². The zero-order valence-corrected chi connectivity index (χ0v) is 20.8. The van der Waals surface area contributed by atoms with Gasteiger partial charge in [-0.2, -0.15) is 4.31 Å². The van der Waals surface area contributed by atoms with Crippen molar-refractivity contribution in [3.63, 3.8) is 0 Å². The number of carbonyl (C=O) groups is 2. The number of methoxy groups -OCH3 is 1. The van der Waals surface area contributed by atoms with Gasteiger partial charge in [0, 0.05) is 11.4 Å². The van der Waals surface area contributed by atoms with E-state index in [1.807, 2.05) is 0 Å². The van der Waals surface area contributed by atoms with E-state index in [0.717, 1.165) is 9.21 Å². The second kappa shape index (κ2) is 9.51. The fraction of sp³-hybridized carbons (Fsp3) is 0.182. The number of hydrogen-bond acceptors (Lipinski definition) is 8. The van der Waals surface area contributed by atoms with Crippen molar-refractivity contribution in [2.45, 2.75) is 28.8 Å². The number of amides is 2. The SMILES string of the molecule is COc1ccc(S(=O)(=O)N(Cc2cccs2)C2CC(=O)N(c3ccc(S(N)(=O)=O)cc3)C2=O)cc1. The molecule has 1 atom stereocenters. The van der Waals surface area contributed by atoms with E-state index in [2.05, 4.69) is 0 Å². The van der Waals surface area contributed by atoms with Crippen LogP contribution >= 0.6 is 11.3 Å². The van der Waals surface area contributed by atoms with Crippen LogP contribution < -0.4 is 14.8 Å². The molecular weight excluding hydrogens is 514 g/mol. The summed E-state index contributed by atoms with van der Waals surface area (Å²) in [7, 11) is -6.69. The van der Waals surface area contributed by atoms with Crippen LogP contribution in [0.2, 0.25) is 0 Å². The molecule has 1 aliphatic heterocycles. The minimum absolute atomic E-state index is 0.0499. The third kappa shape index (κ3) is 4.99. The Hall–Kier alpha value is -3.10. The van der Waals surface area contributed by atoms with Crippen molar-refractivity contribution in [1.29, 1.82) is 0 Å². The van der Waals surface area contributed by atoms with E-state index in [4.69, 9.17) is 9.88 Å². The lowest BCUT2D eigenvalue weighted by molar-refractivity contribution is -0.122. The van der Waals surface area contributed by atoms with Crippen molar-refractivity contribution in [1.82, 2.24) is 4.31 Å². The maximum absolute atomic E-state index is 13.6. The predicted molar refractivity (Wildman–Crippen MR) is 129 cm³/mol. The Kier molecular flexibility index (Phi) is 6.79. The Morgan fingerprint density at radius 2 is 1.63 bits per heavy atom. The zero-order valence-electron chi connectivity index (χ0n) is 18.4. The smallest absolute Gasteiger partial charge is 0.252 e. The molecule has 2 aromatic carbocycles. The van der Waals surface area contributed by atoms with Crippen LogP contribution in [0, 0.1) is 0 Å². The van der Waals surface area contributed by atoms with E-state index in [9.17, 15) is 26.4 Å². The van der Waals surface area contributed by atoms with Gasteiger partial charge in [0.15, 0.2) is 0 Å². The first-order chi connectivity index (χ1) is 16.5. The van der Waals surface area contributed by atoms with Gasteiger partial charge in [0.1, 0.15) is 11.8 Å². The van der Waals surface area contributed by atoms with Gasteiger partial charge in [-0.3, -0.25) is 9.59 Å². The number of nitrogens with two attached hydrogens (primary N) is 1. The van der Waals surface area contributed by atoms with Crippen molar-refractivity contribution in [3.8, 4) is 5.75 Å². The molecule has 13 heteroatoms. The summed E-state index contributed by atoms with van der Waals surface area (Å²) >= 11 is 1.33. The third-order valence-corrected chi connectivity index (χ3v) is 9.11. The Morgan fingerprint density at radius 3 is 2.17 bits per heavy atom. The molecule has 1 aliphatic rings. The van der Waals surface area contributed by atoms with Gasteiger partial charge in [0.25, 0.3) is 5.91 Å². The highest BCUT2D eigenvalue weighted by Crippen LogP contribution is 2.32. The van der Waals surface area contributed by atoms with Gasteiger partial charge in [-0.1, -0.05) is 6.07 Å². The maximum Gasteiger partial charge on any atom is 0.252 e. The molecule has 10 nitrogen and oxygen atoms in total.